The molecule has 2 fully saturated rings. The Bertz CT molecular complexity index is 1570. The van der Waals surface area contributed by atoms with Crippen molar-refractivity contribution in [3.8, 4) is 5.75 Å². The predicted molar refractivity (Wildman–Crippen MR) is 163 cm³/mol. The Labute approximate surface area is 263 Å². The fraction of sp³-hybridized carbons (Fsp3) is 0.281. The van der Waals surface area contributed by atoms with Crippen LogP contribution < -0.4 is 21.1 Å². The van der Waals surface area contributed by atoms with Crippen molar-refractivity contribution in [1.82, 2.24) is 15.5 Å². The van der Waals surface area contributed by atoms with Crippen molar-refractivity contribution in [3.05, 3.63) is 102 Å². The number of esters is 1. The first-order chi connectivity index (χ1) is 21.6. The first-order valence-electron chi connectivity index (χ1n) is 14.0. The highest BCUT2D eigenvalue weighted by atomic mass is 32.2. The van der Waals surface area contributed by atoms with Crippen LogP contribution in [0.4, 0.5) is 4.79 Å². The van der Waals surface area contributed by atoms with E-state index in [1.165, 1.54) is 40.9 Å². The quantitative estimate of drug-likeness (QED) is 0.0941. The summed E-state index contributed by atoms with van der Waals surface area (Å²) in [6.45, 7) is 3.66. The number of rotatable bonds is 11. The van der Waals surface area contributed by atoms with Crippen LogP contribution in [0.2, 0.25) is 0 Å². The number of hydrogen-bond donors (Lipinski definition) is 3. The van der Waals surface area contributed by atoms with E-state index in [4.69, 9.17) is 19.9 Å². The molecule has 234 valence electrons. The number of amides is 3. The third-order valence-corrected chi connectivity index (χ3v) is 9.16. The second kappa shape index (κ2) is 13.0. The topological polar surface area (TPSA) is 166 Å². The SMILES string of the molecule is CC1(C)S[C@H]2N(C(=O)[C@@]2(NC=O)NC(=O)C(N)c2ccc(OC(=O)OCc3ccccc3)cc2)[C@H]1C(=O)OCc1ccccc1. The molecule has 45 heavy (non-hydrogen) atoms. The number of benzene rings is 3. The summed E-state index contributed by atoms with van der Waals surface area (Å²) in [6.07, 6.45) is -0.582. The molecule has 0 spiro atoms. The van der Waals surface area contributed by atoms with Gasteiger partial charge in [-0.05, 0) is 42.7 Å². The van der Waals surface area contributed by atoms with Crippen molar-refractivity contribution in [1.29, 1.82) is 0 Å². The summed E-state index contributed by atoms with van der Waals surface area (Å²) in [7, 11) is 0. The molecule has 0 bridgehead atoms. The average Bonchev–Trinajstić information content (AvgIpc) is 3.32. The summed E-state index contributed by atoms with van der Waals surface area (Å²) >= 11 is 1.25. The number of nitrogens with zero attached hydrogens (tertiary/aromatic N) is 1. The zero-order valence-electron chi connectivity index (χ0n) is 24.5. The molecule has 2 heterocycles. The molecule has 12 nitrogen and oxygen atoms in total. The summed E-state index contributed by atoms with van der Waals surface area (Å²) in [6, 6.07) is 21.9. The average molecular weight is 633 g/mol. The van der Waals surface area contributed by atoms with E-state index in [9.17, 15) is 24.0 Å². The van der Waals surface area contributed by atoms with Crippen molar-refractivity contribution in [2.75, 3.05) is 0 Å². The largest absolute Gasteiger partial charge is 0.514 e. The van der Waals surface area contributed by atoms with Gasteiger partial charge in [0.25, 0.3) is 5.91 Å². The molecule has 2 aliphatic heterocycles. The summed E-state index contributed by atoms with van der Waals surface area (Å²) < 4.78 is 15.0. The molecular formula is C32H32N4O8S. The minimum absolute atomic E-state index is 0.0334. The predicted octanol–water partition coefficient (Wildman–Crippen LogP) is 2.77. The molecule has 3 aromatic carbocycles. The molecule has 5 rings (SSSR count). The number of fused-ring (bicyclic) bond motifs is 1. The van der Waals surface area contributed by atoms with Crippen molar-refractivity contribution in [2.24, 2.45) is 5.73 Å². The van der Waals surface area contributed by atoms with Gasteiger partial charge in [0.2, 0.25) is 18.0 Å². The van der Waals surface area contributed by atoms with Gasteiger partial charge in [0.1, 0.15) is 36.4 Å². The maximum Gasteiger partial charge on any atom is 0.514 e. The second-order valence-corrected chi connectivity index (χ2v) is 12.7. The van der Waals surface area contributed by atoms with Crippen LogP contribution >= 0.6 is 11.8 Å². The molecule has 0 aromatic heterocycles. The van der Waals surface area contributed by atoms with Crippen LogP contribution in [-0.4, -0.2) is 57.1 Å². The van der Waals surface area contributed by atoms with Gasteiger partial charge in [-0.15, -0.1) is 11.8 Å². The summed E-state index contributed by atoms with van der Waals surface area (Å²) in [5.74, 6) is -1.84. The van der Waals surface area contributed by atoms with Gasteiger partial charge in [-0.1, -0.05) is 72.8 Å². The van der Waals surface area contributed by atoms with E-state index in [2.05, 4.69) is 10.6 Å². The first-order valence-corrected chi connectivity index (χ1v) is 14.9. The van der Waals surface area contributed by atoms with Gasteiger partial charge in [0.05, 0.1) is 0 Å². The minimum atomic E-state index is -1.82. The fourth-order valence-corrected chi connectivity index (χ4v) is 6.88. The monoisotopic (exact) mass is 632 g/mol. The Kier molecular flexibility index (Phi) is 9.11. The van der Waals surface area contributed by atoms with Crippen LogP contribution in [0.3, 0.4) is 0 Å². The molecule has 0 radical (unpaired) electrons. The highest BCUT2D eigenvalue weighted by Crippen LogP contribution is 2.54. The maximum atomic E-state index is 13.6. The van der Waals surface area contributed by atoms with Crippen LogP contribution in [0.5, 0.6) is 5.75 Å². The number of nitrogens with two attached hydrogens (primary N) is 1. The van der Waals surface area contributed by atoms with E-state index < -0.39 is 51.8 Å². The van der Waals surface area contributed by atoms with E-state index in [-0.39, 0.29) is 19.0 Å². The van der Waals surface area contributed by atoms with Crippen LogP contribution in [0, 0.1) is 0 Å². The Morgan fingerprint density at radius 1 is 0.933 bits per heavy atom. The van der Waals surface area contributed by atoms with Crippen LogP contribution in [0.25, 0.3) is 0 Å². The normalized spacial score (nSPS) is 21.8. The van der Waals surface area contributed by atoms with Gasteiger partial charge in [-0.25, -0.2) is 9.59 Å². The highest BCUT2D eigenvalue weighted by molar-refractivity contribution is 8.01. The van der Waals surface area contributed by atoms with Crippen molar-refractivity contribution < 1.29 is 38.2 Å². The van der Waals surface area contributed by atoms with Gasteiger partial charge < -0.3 is 35.5 Å². The molecule has 1 unspecified atom stereocenters. The first kappa shape index (κ1) is 31.5. The molecule has 2 saturated heterocycles. The molecule has 2 aliphatic rings. The molecule has 4 atom stereocenters. The lowest BCUT2D eigenvalue weighted by atomic mass is 9.91. The van der Waals surface area contributed by atoms with Crippen molar-refractivity contribution in [3.63, 3.8) is 0 Å². The van der Waals surface area contributed by atoms with E-state index in [1.807, 2.05) is 60.7 Å². The molecule has 3 aromatic rings. The van der Waals surface area contributed by atoms with Crippen LogP contribution in [-0.2, 0) is 41.9 Å². The van der Waals surface area contributed by atoms with E-state index in [1.54, 1.807) is 13.8 Å². The summed E-state index contributed by atoms with van der Waals surface area (Å²) in [5, 5.41) is 4.27. The number of nitrogens with one attached hydrogen (secondary N) is 2. The van der Waals surface area contributed by atoms with Gasteiger partial charge in [-0.2, -0.15) is 0 Å². The lowest BCUT2D eigenvalue weighted by molar-refractivity contribution is -0.174. The summed E-state index contributed by atoms with van der Waals surface area (Å²) in [5.41, 5.74) is 6.35. The molecular weight excluding hydrogens is 600 g/mol. The number of ether oxygens (including phenoxy) is 3. The minimum Gasteiger partial charge on any atom is -0.459 e. The summed E-state index contributed by atoms with van der Waals surface area (Å²) in [4.78, 5) is 65.1. The Morgan fingerprint density at radius 3 is 2.09 bits per heavy atom. The molecule has 3 amide bonds. The van der Waals surface area contributed by atoms with Gasteiger partial charge in [0.15, 0.2) is 0 Å². The molecule has 13 heteroatoms. The maximum absolute atomic E-state index is 13.6. The van der Waals surface area contributed by atoms with Gasteiger partial charge in [-0.3, -0.25) is 14.4 Å². The van der Waals surface area contributed by atoms with Crippen molar-refractivity contribution >= 4 is 42.1 Å². The number of β-lactam (4-membered cyclic amide) rings is 1. The lowest BCUT2D eigenvalue weighted by Crippen LogP contribution is -2.85. The smallest absolute Gasteiger partial charge is 0.459 e. The number of carbonyl (C=O) groups is 5. The highest BCUT2D eigenvalue weighted by Gasteiger charge is 2.72. The van der Waals surface area contributed by atoms with Gasteiger partial charge in [0, 0.05) is 4.75 Å². The fourth-order valence-electron chi connectivity index (χ4n) is 5.23. The molecule has 4 N–H and O–H groups in total. The third-order valence-electron chi connectivity index (χ3n) is 7.52. The molecule has 0 aliphatic carbocycles. The Hall–Kier alpha value is -4.88. The lowest BCUT2D eigenvalue weighted by Gasteiger charge is -2.52. The zero-order valence-corrected chi connectivity index (χ0v) is 25.3. The van der Waals surface area contributed by atoms with Crippen molar-refractivity contribution in [2.45, 2.75) is 54.9 Å². The number of hydrogen-bond acceptors (Lipinski definition) is 10. The zero-order chi connectivity index (χ0) is 32.2. The third kappa shape index (κ3) is 6.49. The van der Waals surface area contributed by atoms with E-state index in [0.717, 1.165) is 11.1 Å². The Balaban J connectivity index is 1.22. The van der Waals surface area contributed by atoms with Crippen LogP contribution in [0.1, 0.15) is 36.6 Å². The van der Waals surface area contributed by atoms with Gasteiger partial charge >= 0.3 is 12.1 Å². The van der Waals surface area contributed by atoms with E-state index >= 15 is 0 Å². The standard InChI is InChI=1S/C32H32N4O8S/c1-31(2)25(27(39)42-17-20-9-5-3-6-10-20)36-28(40)32(34-19-37,29(36)45-31)35-26(38)24(33)22-13-15-23(16-14-22)44-30(41)43-18-21-11-7-4-8-12-21/h3-16,19,24-25,29H,17-18,33H2,1-2H3,(H,34,37)(H,35,38)/t24?,25-,29+,32+/m0/s1. The number of thioether (sulfide) groups is 1. The molecule has 0 saturated carbocycles. The van der Waals surface area contributed by atoms with E-state index in [0.29, 0.717) is 12.0 Å². The number of carbonyl (C=O) groups excluding carboxylic acids is 5. The Morgan fingerprint density at radius 2 is 1.51 bits per heavy atom. The van der Waals surface area contributed by atoms with Crippen LogP contribution in [0.15, 0.2) is 84.9 Å². The second-order valence-electron chi connectivity index (χ2n) is 11.0.